The van der Waals surface area contributed by atoms with Crippen LogP contribution in [0.15, 0.2) is 24.4 Å². The molecule has 0 aliphatic heterocycles. The number of pyridine rings is 1. The standard InChI is InChI=1S/C11H4Cl4FN/c12-7-1-5(2-8(13)11(7)15)6-3-10(16)17-4-9(6)14/h1-4H. The van der Waals surface area contributed by atoms with Gasteiger partial charge in [0.1, 0.15) is 0 Å². The van der Waals surface area contributed by atoms with Crippen LogP contribution in [0.4, 0.5) is 4.39 Å². The van der Waals surface area contributed by atoms with E-state index in [1.165, 1.54) is 12.3 Å². The fourth-order valence-corrected chi connectivity index (χ4v) is 2.15. The van der Waals surface area contributed by atoms with E-state index in [0.29, 0.717) is 16.1 Å². The molecular formula is C11H4Cl4FN. The van der Waals surface area contributed by atoms with Gasteiger partial charge < -0.3 is 0 Å². The van der Waals surface area contributed by atoms with E-state index in [2.05, 4.69) is 4.98 Å². The lowest BCUT2D eigenvalue weighted by atomic mass is 10.1. The van der Waals surface area contributed by atoms with E-state index in [4.69, 9.17) is 46.4 Å². The number of aromatic nitrogens is 1. The van der Waals surface area contributed by atoms with Gasteiger partial charge in [-0.1, -0.05) is 46.4 Å². The first kappa shape index (κ1) is 12.9. The fourth-order valence-electron chi connectivity index (χ4n) is 1.35. The van der Waals surface area contributed by atoms with Gasteiger partial charge in [0.25, 0.3) is 0 Å². The fraction of sp³-hybridized carbons (Fsp3) is 0. The summed E-state index contributed by atoms with van der Waals surface area (Å²) in [6.45, 7) is 0. The zero-order chi connectivity index (χ0) is 12.6. The second-order valence-corrected chi connectivity index (χ2v) is 4.84. The van der Waals surface area contributed by atoms with Crippen LogP contribution in [0.25, 0.3) is 11.1 Å². The summed E-state index contributed by atoms with van der Waals surface area (Å²) in [5, 5.41) is 1.12. The minimum Gasteiger partial charge on any atom is -0.227 e. The van der Waals surface area contributed by atoms with Crippen molar-refractivity contribution < 1.29 is 4.39 Å². The maximum atomic E-state index is 13.1. The minimum atomic E-state index is -0.633. The van der Waals surface area contributed by atoms with Gasteiger partial charge in [-0.05, 0) is 17.7 Å². The minimum absolute atomic E-state index is 0.253. The third-order valence-electron chi connectivity index (χ3n) is 2.12. The van der Waals surface area contributed by atoms with Crippen LogP contribution in [0.3, 0.4) is 0 Å². The van der Waals surface area contributed by atoms with Crippen LogP contribution in [-0.2, 0) is 0 Å². The molecule has 0 saturated carbocycles. The molecule has 0 aliphatic carbocycles. The number of halogens is 5. The van der Waals surface area contributed by atoms with Crippen LogP contribution in [0.1, 0.15) is 0 Å². The van der Waals surface area contributed by atoms with Crippen LogP contribution in [-0.4, -0.2) is 4.98 Å². The molecule has 0 fully saturated rings. The topological polar surface area (TPSA) is 12.9 Å². The van der Waals surface area contributed by atoms with Crippen molar-refractivity contribution >= 4 is 46.4 Å². The highest BCUT2D eigenvalue weighted by atomic mass is 35.5. The highest BCUT2D eigenvalue weighted by molar-refractivity contribution is 6.48. The third kappa shape index (κ3) is 2.66. The van der Waals surface area contributed by atoms with Gasteiger partial charge in [-0.15, -0.1) is 0 Å². The van der Waals surface area contributed by atoms with E-state index < -0.39 is 5.95 Å². The largest absolute Gasteiger partial charge is 0.227 e. The van der Waals surface area contributed by atoms with E-state index in [1.54, 1.807) is 12.1 Å². The smallest absolute Gasteiger partial charge is 0.213 e. The third-order valence-corrected chi connectivity index (χ3v) is 3.61. The van der Waals surface area contributed by atoms with Gasteiger partial charge in [-0.2, -0.15) is 4.39 Å². The van der Waals surface area contributed by atoms with E-state index in [9.17, 15) is 4.39 Å². The monoisotopic (exact) mass is 309 g/mol. The molecule has 0 unspecified atom stereocenters. The van der Waals surface area contributed by atoms with Crippen molar-refractivity contribution in [2.45, 2.75) is 0 Å². The first-order valence-electron chi connectivity index (χ1n) is 4.45. The lowest BCUT2D eigenvalue weighted by molar-refractivity contribution is 0.584. The Morgan fingerprint density at radius 2 is 1.47 bits per heavy atom. The Balaban J connectivity index is 2.64. The summed E-state index contributed by atoms with van der Waals surface area (Å²) < 4.78 is 13.1. The first-order chi connectivity index (χ1) is 7.99. The van der Waals surface area contributed by atoms with Gasteiger partial charge in [0.2, 0.25) is 5.95 Å². The van der Waals surface area contributed by atoms with Crippen LogP contribution in [0, 0.1) is 5.95 Å². The Morgan fingerprint density at radius 3 is 2.06 bits per heavy atom. The molecule has 0 spiro atoms. The number of hydrogen-bond donors (Lipinski definition) is 0. The summed E-state index contributed by atoms with van der Waals surface area (Å²) in [7, 11) is 0. The molecule has 0 atom stereocenters. The van der Waals surface area contributed by atoms with Crippen molar-refractivity contribution in [3.8, 4) is 11.1 Å². The number of hydrogen-bond acceptors (Lipinski definition) is 1. The molecule has 0 N–H and O–H groups in total. The predicted molar refractivity (Wildman–Crippen MR) is 69.7 cm³/mol. The molecule has 88 valence electrons. The van der Waals surface area contributed by atoms with Crippen molar-refractivity contribution in [2.24, 2.45) is 0 Å². The Hall–Kier alpha value is -0.540. The van der Waals surface area contributed by atoms with E-state index in [0.717, 1.165) is 0 Å². The SMILES string of the molecule is Fc1cc(-c2cc(Cl)c(Cl)c(Cl)c2)c(Cl)cn1. The first-order valence-corrected chi connectivity index (χ1v) is 5.96. The Labute approximate surface area is 117 Å². The van der Waals surface area contributed by atoms with Gasteiger partial charge in [-0.3, -0.25) is 0 Å². The van der Waals surface area contributed by atoms with Gasteiger partial charge in [0.05, 0.1) is 20.1 Å². The summed E-state index contributed by atoms with van der Waals surface area (Å²) in [5.41, 5.74) is 1.04. The average molecular weight is 311 g/mol. The Morgan fingerprint density at radius 1 is 0.882 bits per heavy atom. The molecular weight excluding hydrogens is 307 g/mol. The van der Waals surface area contributed by atoms with Gasteiger partial charge in [0, 0.05) is 17.8 Å². The summed E-state index contributed by atoms with van der Waals surface area (Å²) >= 11 is 23.5. The van der Waals surface area contributed by atoms with Crippen molar-refractivity contribution in [1.82, 2.24) is 4.98 Å². The normalized spacial score (nSPS) is 10.6. The predicted octanol–water partition coefficient (Wildman–Crippen LogP) is 5.50. The van der Waals surface area contributed by atoms with Crippen molar-refractivity contribution in [3.05, 3.63) is 50.4 Å². The molecule has 0 saturated heterocycles. The summed E-state index contributed by atoms with van der Waals surface area (Å²) in [6, 6.07) is 4.34. The highest BCUT2D eigenvalue weighted by Gasteiger charge is 2.11. The number of rotatable bonds is 1. The molecule has 17 heavy (non-hydrogen) atoms. The summed E-state index contributed by atoms with van der Waals surface area (Å²) in [5.74, 6) is -0.633. The van der Waals surface area contributed by atoms with Crippen molar-refractivity contribution in [3.63, 3.8) is 0 Å². The van der Waals surface area contributed by atoms with E-state index in [1.807, 2.05) is 0 Å². The average Bonchev–Trinajstić information content (AvgIpc) is 2.28. The lowest BCUT2D eigenvalue weighted by Gasteiger charge is -2.07. The lowest BCUT2D eigenvalue weighted by Crippen LogP contribution is -1.87. The summed E-state index contributed by atoms with van der Waals surface area (Å²) in [4.78, 5) is 3.44. The molecule has 6 heteroatoms. The van der Waals surface area contributed by atoms with Crippen LogP contribution >= 0.6 is 46.4 Å². The second-order valence-electron chi connectivity index (χ2n) is 3.24. The molecule has 1 nitrogen and oxygen atoms in total. The van der Waals surface area contributed by atoms with Crippen molar-refractivity contribution in [1.29, 1.82) is 0 Å². The zero-order valence-electron chi connectivity index (χ0n) is 8.15. The van der Waals surface area contributed by atoms with Gasteiger partial charge in [0.15, 0.2) is 0 Å². The molecule has 0 aliphatic rings. The molecule has 1 aromatic carbocycles. The molecule has 0 bridgehead atoms. The molecule has 1 aromatic heterocycles. The number of nitrogens with zero attached hydrogens (tertiary/aromatic N) is 1. The van der Waals surface area contributed by atoms with Gasteiger partial charge >= 0.3 is 0 Å². The quantitative estimate of drug-likeness (QED) is 0.500. The maximum absolute atomic E-state index is 13.1. The molecule has 2 aromatic rings. The van der Waals surface area contributed by atoms with E-state index in [-0.39, 0.29) is 15.1 Å². The van der Waals surface area contributed by atoms with Gasteiger partial charge in [-0.25, -0.2) is 4.98 Å². The van der Waals surface area contributed by atoms with Crippen LogP contribution in [0.5, 0.6) is 0 Å². The Bertz CT molecular complexity index is 563. The number of benzene rings is 1. The van der Waals surface area contributed by atoms with E-state index >= 15 is 0 Å². The highest BCUT2D eigenvalue weighted by Crippen LogP contribution is 2.37. The molecule has 0 amide bonds. The summed E-state index contributed by atoms with van der Waals surface area (Å²) in [6.07, 6.45) is 1.22. The van der Waals surface area contributed by atoms with Crippen LogP contribution < -0.4 is 0 Å². The Kier molecular flexibility index (Phi) is 3.79. The molecule has 1 heterocycles. The second kappa shape index (κ2) is 4.99. The maximum Gasteiger partial charge on any atom is 0.213 e. The van der Waals surface area contributed by atoms with Crippen molar-refractivity contribution in [2.75, 3.05) is 0 Å². The zero-order valence-corrected chi connectivity index (χ0v) is 11.2. The van der Waals surface area contributed by atoms with Crippen LogP contribution in [0.2, 0.25) is 20.1 Å². The molecule has 2 rings (SSSR count). The molecule has 0 radical (unpaired) electrons.